The van der Waals surface area contributed by atoms with Gasteiger partial charge in [0.15, 0.2) is 0 Å². The van der Waals surface area contributed by atoms with Gasteiger partial charge in [0.05, 0.1) is 11.6 Å². The second kappa shape index (κ2) is 7.04. The quantitative estimate of drug-likeness (QED) is 0.849. The van der Waals surface area contributed by atoms with Crippen LogP contribution in [-0.2, 0) is 11.3 Å². The predicted octanol–water partition coefficient (Wildman–Crippen LogP) is 2.41. The number of carboxylic acid groups (broad SMARTS) is 1. The van der Waals surface area contributed by atoms with Crippen molar-refractivity contribution in [3.05, 3.63) is 48.3 Å². The van der Waals surface area contributed by atoms with Gasteiger partial charge in [-0.25, -0.2) is 4.68 Å². The van der Waals surface area contributed by atoms with Crippen molar-refractivity contribution in [3.8, 4) is 5.69 Å². The number of carboxylic acids is 1. The van der Waals surface area contributed by atoms with E-state index in [9.17, 15) is 4.79 Å². The van der Waals surface area contributed by atoms with Gasteiger partial charge < -0.3 is 5.11 Å². The molecule has 5 heteroatoms. The maximum absolute atomic E-state index is 10.9. The molecular formula is C16H21N3O2. The topological polar surface area (TPSA) is 58.4 Å². The average Bonchev–Trinajstić information content (AvgIpc) is 3.01. The minimum absolute atomic E-state index is 0.353. The number of aromatic nitrogens is 2. The third-order valence-electron chi connectivity index (χ3n) is 3.51. The Morgan fingerprint density at radius 1 is 1.38 bits per heavy atom. The smallest absolute Gasteiger partial charge is 0.307 e. The van der Waals surface area contributed by atoms with E-state index in [2.05, 4.69) is 22.1 Å². The first-order valence-electron chi connectivity index (χ1n) is 7.14. The van der Waals surface area contributed by atoms with Gasteiger partial charge in [-0.2, -0.15) is 5.10 Å². The van der Waals surface area contributed by atoms with Crippen LogP contribution in [0.4, 0.5) is 0 Å². The molecule has 0 aliphatic heterocycles. The van der Waals surface area contributed by atoms with Gasteiger partial charge in [-0.1, -0.05) is 26.0 Å². The molecule has 2 rings (SSSR count). The molecule has 2 aromatic rings. The van der Waals surface area contributed by atoms with E-state index in [1.54, 1.807) is 13.1 Å². The van der Waals surface area contributed by atoms with Crippen LogP contribution in [-0.4, -0.2) is 38.8 Å². The van der Waals surface area contributed by atoms with Crippen LogP contribution in [0.1, 0.15) is 19.4 Å². The highest BCUT2D eigenvalue weighted by Gasteiger charge is 2.15. The Morgan fingerprint density at radius 3 is 2.62 bits per heavy atom. The molecule has 21 heavy (non-hydrogen) atoms. The van der Waals surface area contributed by atoms with Gasteiger partial charge in [0, 0.05) is 25.5 Å². The summed E-state index contributed by atoms with van der Waals surface area (Å²) in [6.45, 7) is 5.94. The van der Waals surface area contributed by atoms with Gasteiger partial charge in [0.25, 0.3) is 0 Å². The predicted molar refractivity (Wildman–Crippen MR) is 81.3 cm³/mol. The molecule has 112 valence electrons. The number of hydrogen-bond acceptors (Lipinski definition) is 3. The molecular weight excluding hydrogens is 266 g/mol. The molecule has 1 aromatic heterocycles. The van der Waals surface area contributed by atoms with E-state index in [1.807, 2.05) is 36.0 Å². The van der Waals surface area contributed by atoms with E-state index < -0.39 is 5.97 Å². The Kier molecular flexibility index (Phi) is 5.11. The van der Waals surface area contributed by atoms with Crippen LogP contribution >= 0.6 is 0 Å². The highest BCUT2D eigenvalue weighted by molar-refractivity contribution is 5.69. The van der Waals surface area contributed by atoms with Crippen molar-refractivity contribution in [1.82, 2.24) is 14.7 Å². The Morgan fingerprint density at radius 2 is 2.10 bits per heavy atom. The molecule has 1 atom stereocenters. The van der Waals surface area contributed by atoms with Gasteiger partial charge in [-0.15, -0.1) is 0 Å². The second-order valence-electron chi connectivity index (χ2n) is 5.18. The summed E-state index contributed by atoms with van der Waals surface area (Å²) in [5.74, 6) is -1.10. The molecule has 1 aromatic carbocycles. The lowest BCUT2D eigenvalue weighted by molar-refractivity contribution is -0.141. The Labute approximate surface area is 124 Å². The lowest BCUT2D eigenvalue weighted by Gasteiger charge is -2.22. The van der Waals surface area contributed by atoms with E-state index >= 15 is 0 Å². The maximum Gasteiger partial charge on any atom is 0.307 e. The number of nitrogens with zero attached hydrogens (tertiary/aromatic N) is 3. The molecule has 0 radical (unpaired) electrons. The molecule has 1 unspecified atom stereocenters. The number of benzene rings is 1. The fourth-order valence-corrected chi connectivity index (χ4v) is 2.20. The van der Waals surface area contributed by atoms with Gasteiger partial charge >= 0.3 is 5.97 Å². The first-order valence-corrected chi connectivity index (χ1v) is 7.14. The molecule has 0 aliphatic rings. The average molecular weight is 287 g/mol. The van der Waals surface area contributed by atoms with Crippen molar-refractivity contribution in [2.45, 2.75) is 20.4 Å². The van der Waals surface area contributed by atoms with E-state index in [0.717, 1.165) is 18.8 Å². The summed E-state index contributed by atoms with van der Waals surface area (Å²) in [6, 6.07) is 10.1. The number of hydrogen-bond donors (Lipinski definition) is 1. The number of rotatable bonds is 7. The number of carbonyl (C=O) groups is 1. The Bertz CT molecular complexity index is 564. The summed E-state index contributed by atoms with van der Waals surface area (Å²) in [7, 11) is 0. The lowest BCUT2D eigenvalue weighted by Crippen LogP contribution is -2.31. The monoisotopic (exact) mass is 287 g/mol. The summed E-state index contributed by atoms with van der Waals surface area (Å²) in [4.78, 5) is 13.1. The molecule has 0 saturated carbocycles. The first kappa shape index (κ1) is 15.3. The first-order chi connectivity index (χ1) is 10.1. The third kappa shape index (κ3) is 4.16. The van der Waals surface area contributed by atoms with Crippen molar-refractivity contribution in [3.63, 3.8) is 0 Å². The molecule has 5 nitrogen and oxygen atoms in total. The Balaban J connectivity index is 2.00. The van der Waals surface area contributed by atoms with Gasteiger partial charge in [0.1, 0.15) is 0 Å². The number of aliphatic carboxylic acids is 1. The van der Waals surface area contributed by atoms with E-state index in [4.69, 9.17) is 5.11 Å². The van der Waals surface area contributed by atoms with E-state index in [0.29, 0.717) is 6.54 Å². The second-order valence-corrected chi connectivity index (χ2v) is 5.18. The minimum atomic E-state index is -0.748. The van der Waals surface area contributed by atoms with Crippen LogP contribution in [0.3, 0.4) is 0 Å². The summed E-state index contributed by atoms with van der Waals surface area (Å²) in [6.07, 6.45) is 3.65. The van der Waals surface area contributed by atoms with Crippen molar-refractivity contribution in [1.29, 1.82) is 0 Å². The Hall–Kier alpha value is -2.14. The van der Waals surface area contributed by atoms with Gasteiger partial charge in [-0.05, 0) is 30.3 Å². The van der Waals surface area contributed by atoms with Crippen LogP contribution in [0.5, 0.6) is 0 Å². The van der Waals surface area contributed by atoms with Gasteiger partial charge in [-0.3, -0.25) is 9.69 Å². The summed E-state index contributed by atoms with van der Waals surface area (Å²) >= 11 is 0. The molecule has 1 N–H and O–H groups in total. The fraction of sp³-hybridized carbons (Fsp3) is 0.375. The van der Waals surface area contributed by atoms with E-state index in [1.165, 1.54) is 5.56 Å². The zero-order valence-corrected chi connectivity index (χ0v) is 12.4. The van der Waals surface area contributed by atoms with Crippen LogP contribution in [0, 0.1) is 5.92 Å². The summed E-state index contributed by atoms with van der Waals surface area (Å²) in [5.41, 5.74) is 2.19. The maximum atomic E-state index is 10.9. The standard InChI is InChI=1S/C16H21N3O2/c1-3-18(11-13(2)16(20)21)12-14-5-7-15(8-6-14)19-10-4-9-17-19/h4-10,13H,3,11-12H2,1-2H3,(H,20,21). The van der Waals surface area contributed by atoms with Gasteiger partial charge in [0.2, 0.25) is 0 Å². The SMILES string of the molecule is CCN(Cc1ccc(-n2cccn2)cc1)CC(C)C(=O)O. The van der Waals surface area contributed by atoms with E-state index in [-0.39, 0.29) is 5.92 Å². The van der Waals surface area contributed by atoms with Crippen molar-refractivity contribution in [2.75, 3.05) is 13.1 Å². The molecule has 0 fully saturated rings. The highest BCUT2D eigenvalue weighted by Crippen LogP contribution is 2.12. The van der Waals surface area contributed by atoms with Crippen LogP contribution in [0.2, 0.25) is 0 Å². The van der Waals surface area contributed by atoms with Crippen molar-refractivity contribution in [2.24, 2.45) is 5.92 Å². The van der Waals surface area contributed by atoms with Crippen LogP contribution in [0.25, 0.3) is 5.69 Å². The third-order valence-corrected chi connectivity index (χ3v) is 3.51. The molecule has 1 heterocycles. The molecule has 0 saturated heterocycles. The summed E-state index contributed by atoms with van der Waals surface area (Å²) in [5, 5.41) is 13.2. The molecule has 0 aliphatic carbocycles. The molecule has 0 bridgehead atoms. The van der Waals surface area contributed by atoms with Crippen molar-refractivity contribution >= 4 is 5.97 Å². The largest absolute Gasteiger partial charge is 0.481 e. The molecule has 0 amide bonds. The van der Waals surface area contributed by atoms with Crippen molar-refractivity contribution < 1.29 is 9.90 Å². The van der Waals surface area contributed by atoms with Crippen LogP contribution < -0.4 is 0 Å². The lowest BCUT2D eigenvalue weighted by atomic mass is 10.1. The zero-order chi connectivity index (χ0) is 15.2. The van der Waals surface area contributed by atoms with Crippen LogP contribution in [0.15, 0.2) is 42.7 Å². The summed E-state index contributed by atoms with van der Waals surface area (Å²) < 4.78 is 1.81. The fourth-order valence-electron chi connectivity index (χ4n) is 2.20. The molecule has 0 spiro atoms. The highest BCUT2D eigenvalue weighted by atomic mass is 16.4. The zero-order valence-electron chi connectivity index (χ0n) is 12.4. The normalized spacial score (nSPS) is 12.5. The minimum Gasteiger partial charge on any atom is -0.481 e.